The molecule has 1 fully saturated rings. The van der Waals surface area contributed by atoms with Gasteiger partial charge >= 0.3 is 0 Å². The summed E-state index contributed by atoms with van der Waals surface area (Å²) in [4.78, 5) is 2.61. The molecule has 0 aromatic heterocycles. The van der Waals surface area contributed by atoms with Crippen LogP contribution in [0.3, 0.4) is 0 Å². The third-order valence-corrected chi connectivity index (χ3v) is 4.27. The van der Waals surface area contributed by atoms with Crippen molar-refractivity contribution in [2.75, 3.05) is 26.2 Å². The van der Waals surface area contributed by atoms with Crippen molar-refractivity contribution in [3.63, 3.8) is 0 Å². The molecule has 0 bridgehead atoms. The molecule has 0 radical (unpaired) electrons. The second kappa shape index (κ2) is 7.24. The lowest BCUT2D eigenvalue weighted by Crippen LogP contribution is -2.24. The molecular formula is C18H30N2. The predicted molar refractivity (Wildman–Crippen MR) is 87.0 cm³/mol. The Hall–Kier alpha value is -0.860. The van der Waals surface area contributed by atoms with E-state index in [1.54, 1.807) is 0 Å². The first-order valence-corrected chi connectivity index (χ1v) is 8.10. The molecule has 2 nitrogen and oxygen atoms in total. The summed E-state index contributed by atoms with van der Waals surface area (Å²) in [5.41, 5.74) is 3.53. The van der Waals surface area contributed by atoms with E-state index >= 15 is 0 Å². The molecule has 1 saturated heterocycles. The summed E-state index contributed by atoms with van der Waals surface area (Å²) in [6.45, 7) is 12.8. The fourth-order valence-corrected chi connectivity index (χ4v) is 3.08. The summed E-state index contributed by atoms with van der Waals surface area (Å²) in [5.74, 6) is 0. The van der Waals surface area contributed by atoms with Crippen LogP contribution in [0.5, 0.6) is 0 Å². The number of rotatable bonds is 7. The van der Waals surface area contributed by atoms with Crippen LogP contribution in [-0.2, 0) is 13.0 Å². The Bertz CT molecular complexity index is 412. The standard InChI is InChI=1S/C18H30N2/c1-4-11-19-12-9-16-7-5-6-8-17(16)14-20-13-10-18(2,3)15-20/h5-8,19H,4,9-15H2,1-3H3. The molecular weight excluding hydrogens is 244 g/mol. The molecule has 1 aliphatic heterocycles. The zero-order valence-electron chi connectivity index (χ0n) is 13.4. The molecule has 0 spiro atoms. The largest absolute Gasteiger partial charge is 0.316 e. The Morgan fingerprint density at radius 2 is 1.90 bits per heavy atom. The van der Waals surface area contributed by atoms with Gasteiger partial charge in [0.1, 0.15) is 0 Å². The smallest absolute Gasteiger partial charge is 0.0236 e. The zero-order chi connectivity index (χ0) is 14.4. The summed E-state index contributed by atoms with van der Waals surface area (Å²) < 4.78 is 0. The SMILES string of the molecule is CCCNCCc1ccccc1CN1CCC(C)(C)C1. The van der Waals surface area contributed by atoms with Crippen LogP contribution >= 0.6 is 0 Å². The van der Waals surface area contributed by atoms with Crippen LogP contribution in [0.1, 0.15) is 44.7 Å². The van der Waals surface area contributed by atoms with Crippen LogP contribution in [0.25, 0.3) is 0 Å². The number of benzene rings is 1. The number of nitrogens with zero attached hydrogens (tertiary/aromatic N) is 1. The minimum absolute atomic E-state index is 0.498. The first-order chi connectivity index (χ1) is 9.61. The first kappa shape index (κ1) is 15.5. The molecule has 1 heterocycles. The molecule has 1 N–H and O–H groups in total. The minimum atomic E-state index is 0.498. The molecule has 0 amide bonds. The summed E-state index contributed by atoms with van der Waals surface area (Å²) in [7, 11) is 0. The molecule has 1 aromatic rings. The van der Waals surface area contributed by atoms with Gasteiger partial charge in [0.2, 0.25) is 0 Å². The molecule has 2 rings (SSSR count). The second-order valence-corrected chi connectivity index (χ2v) is 6.89. The summed E-state index contributed by atoms with van der Waals surface area (Å²) >= 11 is 0. The lowest BCUT2D eigenvalue weighted by atomic mass is 9.93. The van der Waals surface area contributed by atoms with Crippen LogP contribution in [0, 0.1) is 5.41 Å². The highest BCUT2D eigenvalue weighted by Gasteiger charge is 2.29. The van der Waals surface area contributed by atoms with Crippen molar-refractivity contribution in [2.24, 2.45) is 5.41 Å². The van der Waals surface area contributed by atoms with Crippen molar-refractivity contribution in [3.05, 3.63) is 35.4 Å². The number of hydrogen-bond donors (Lipinski definition) is 1. The molecule has 0 atom stereocenters. The summed E-state index contributed by atoms with van der Waals surface area (Å²) in [5, 5.41) is 3.50. The third-order valence-electron chi connectivity index (χ3n) is 4.27. The molecule has 112 valence electrons. The van der Waals surface area contributed by atoms with Gasteiger partial charge in [-0.1, -0.05) is 45.0 Å². The van der Waals surface area contributed by atoms with Crippen molar-refractivity contribution >= 4 is 0 Å². The third kappa shape index (κ3) is 4.60. The lowest BCUT2D eigenvalue weighted by Gasteiger charge is -2.21. The van der Waals surface area contributed by atoms with Crippen molar-refractivity contribution in [1.82, 2.24) is 10.2 Å². The topological polar surface area (TPSA) is 15.3 Å². The fourth-order valence-electron chi connectivity index (χ4n) is 3.08. The predicted octanol–water partition coefficient (Wildman–Crippen LogP) is 3.46. The number of likely N-dealkylation sites (tertiary alicyclic amines) is 1. The quantitative estimate of drug-likeness (QED) is 0.766. The Balaban J connectivity index is 1.90. The average molecular weight is 274 g/mol. The average Bonchev–Trinajstić information content (AvgIpc) is 2.76. The van der Waals surface area contributed by atoms with Gasteiger partial charge in [0, 0.05) is 13.1 Å². The number of nitrogens with one attached hydrogen (secondary N) is 1. The van der Waals surface area contributed by atoms with Crippen molar-refractivity contribution in [1.29, 1.82) is 0 Å². The Labute approximate surface area is 124 Å². The molecule has 1 aliphatic rings. The minimum Gasteiger partial charge on any atom is -0.316 e. The molecule has 0 saturated carbocycles. The van der Waals surface area contributed by atoms with Crippen molar-refractivity contribution in [3.8, 4) is 0 Å². The van der Waals surface area contributed by atoms with E-state index in [0.717, 1.165) is 26.1 Å². The van der Waals surface area contributed by atoms with Crippen LogP contribution in [0.15, 0.2) is 24.3 Å². The highest BCUT2D eigenvalue weighted by atomic mass is 15.1. The van der Waals surface area contributed by atoms with Gasteiger partial charge in [-0.25, -0.2) is 0 Å². The lowest BCUT2D eigenvalue weighted by molar-refractivity contribution is 0.283. The highest BCUT2D eigenvalue weighted by Crippen LogP contribution is 2.30. The van der Waals surface area contributed by atoms with Gasteiger partial charge in [-0.3, -0.25) is 4.90 Å². The molecule has 20 heavy (non-hydrogen) atoms. The summed E-state index contributed by atoms with van der Waals surface area (Å²) in [6, 6.07) is 8.96. The van der Waals surface area contributed by atoms with Crippen molar-refractivity contribution < 1.29 is 0 Å². The van der Waals surface area contributed by atoms with Gasteiger partial charge in [-0.05, 0) is 55.4 Å². The maximum atomic E-state index is 3.50. The Kier molecular flexibility index (Phi) is 5.62. The normalized spacial score (nSPS) is 18.6. The van der Waals surface area contributed by atoms with Gasteiger partial charge < -0.3 is 5.32 Å². The zero-order valence-corrected chi connectivity index (χ0v) is 13.4. The molecule has 0 aliphatic carbocycles. The Morgan fingerprint density at radius 3 is 2.55 bits per heavy atom. The molecule has 1 aromatic carbocycles. The van der Waals surface area contributed by atoms with Crippen LogP contribution < -0.4 is 5.32 Å². The van der Waals surface area contributed by atoms with Crippen molar-refractivity contribution in [2.45, 2.75) is 46.6 Å². The van der Waals surface area contributed by atoms with Crippen LogP contribution in [0.4, 0.5) is 0 Å². The van der Waals surface area contributed by atoms with Gasteiger partial charge in [0.05, 0.1) is 0 Å². The molecule has 2 heteroatoms. The van der Waals surface area contributed by atoms with Gasteiger partial charge in [0.15, 0.2) is 0 Å². The van der Waals surface area contributed by atoms with Gasteiger partial charge in [0.25, 0.3) is 0 Å². The van der Waals surface area contributed by atoms with E-state index in [9.17, 15) is 0 Å². The van der Waals surface area contributed by atoms with E-state index in [-0.39, 0.29) is 0 Å². The van der Waals surface area contributed by atoms with Crippen LogP contribution in [-0.4, -0.2) is 31.1 Å². The Morgan fingerprint density at radius 1 is 1.15 bits per heavy atom. The second-order valence-electron chi connectivity index (χ2n) is 6.89. The van der Waals surface area contributed by atoms with E-state index in [1.807, 2.05) is 0 Å². The van der Waals surface area contributed by atoms with E-state index in [4.69, 9.17) is 0 Å². The monoisotopic (exact) mass is 274 g/mol. The van der Waals surface area contributed by atoms with E-state index in [1.165, 1.54) is 37.1 Å². The summed E-state index contributed by atoms with van der Waals surface area (Å²) in [6.07, 6.45) is 3.69. The maximum Gasteiger partial charge on any atom is 0.0236 e. The van der Waals surface area contributed by atoms with Crippen LogP contribution in [0.2, 0.25) is 0 Å². The van der Waals surface area contributed by atoms with Gasteiger partial charge in [-0.2, -0.15) is 0 Å². The van der Waals surface area contributed by atoms with E-state index in [2.05, 4.69) is 55.3 Å². The maximum absolute atomic E-state index is 3.50. The van der Waals surface area contributed by atoms with Gasteiger partial charge in [-0.15, -0.1) is 0 Å². The number of hydrogen-bond acceptors (Lipinski definition) is 2. The van der Waals surface area contributed by atoms with E-state index < -0.39 is 0 Å². The first-order valence-electron chi connectivity index (χ1n) is 8.10. The fraction of sp³-hybridized carbons (Fsp3) is 0.667. The molecule has 0 unspecified atom stereocenters. The highest BCUT2D eigenvalue weighted by molar-refractivity contribution is 5.27. The van der Waals surface area contributed by atoms with E-state index in [0.29, 0.717) is 5.41 Å².